The molecule has 8 heteroatoms. The van der Waals surface area contributed by atoms with Crippen molar-refractivity contribution < 1.29 is 4.79 Å². The minimum atomic E-state index is -0.150. The molecule has 114 valence electrons. The monoisotopic (exact) mass is 327 g/mol. The van der Waals surface area contributed by atoms with Crippen LogP contribution in [-0.4, -0.2) is 33.8 Å². The second-order valence-electron chi connectivity index (χ2n) is 4.79. The lowest BCUT2D eigenvalue weighted by Gasteiger charge is -2.22. The average Bonchev–Trinajstić information content (AvgIpc) is 3.17. The van der Waals surface area contributed by atoms with E-state index in [1.807, 2.05) is 16.3 Å². The maximum Gasteiger partial charge on any atom is 0.272 e. The smallest absolute Gasteiger partial charge is 0.272 e. The molecule has 2 N–H and O–H groups in total. The lowest BCUT2D eigenvalue weighted by molar-refractivity contribution is 0.0944. The molecule has 1 atom stereocenters. The fourth-order valence-corrected chi connectivity index (χ4v) is 2.86. The van der Waals surface area contributed by atoms with Gasteiger partial charge in [-0.2, -0.15) is 5.10 Å². The molecule has 1 unspecified atom stereocenters. The molecule has 0 aromatic carbocycles. The number of amides is 1. The molecule has 2 aromatic heterocycles. The standard InChI is InChI=1S/C13H17N5OS.ClH/c19-13(16-9-12-15-5-7-20-12)11-3-6-18(17-11)10-2-1-4-14-8-10;/h3,5-7,10,14H,1-2,4,8-9H2,(H,16,19);1H. The molecular weight excluding hydrogens is 310 g/mol. The zero-order chi connectivity index (χ0) is 13.8. The van der Waals surface area contributed by atoms with Crippen LogP contribution in [0.15, 0.2) is 23.8 Å². The van der Waals surface area contributed by atoms with Gasteiger partial charge in [0.25, 0.3) is 5.91 Å². The second kappa shape index (κ2) is 7.53. The number of carbonyl (C=O) groups is 1. The van der Waals surface area contributed by atoms with Crippen molar-refractivity contribution in [2.75, 3.05) is 13.1 Å². The van der Waals surface area contributed by atoms with Gasteiger partial charge in [0.05, 0.1) is 12.6 Å². The Morgan fingerprint density at radius 1 is 1.57 bits per heavy atom. The van der Waals surface area contributed by atoms with E-state index in [9.17, 15) is 4.79 Å². The van der Waals surface area contributed by atoms with Crippen molar-refractivity contribution in [1.29, 1.82) is 0 Å². The Hall–Kier alpha value is -1.44. The second-order valence-corrected chi connectivity index (χ2v) is 5.77. The summed E-state index contributed by atoms with van der Waals surface area (Å²) in [5.41, 5.74) is 0.465. The van der Waals surface area contributed by atoms with Gasteiger partial charge >= 0.3 is 0 Å². The first kappa shape index (κ1) is 15.9. The number of thiazole rings is 1. The number of nitrogens with zero attached hydrogens (tertiary/aromatic N) is 3. The Morgan fingerprint density at radius 3 is 3.19 bits per heavy atom. The molecule has 0 radical (unpaired) electrons. The van der Waals surface area contributed by atoms with Gasteiger partial charge in [0.2, 0.25) is 0 Å². The minimum Gasteiger partial charge on any atom is -0.344 e. The third-order valence-electron chi connectivity index (χ3n) is 3.37. The van der Waals surface area contributed by atoms with Crippen molar-refractivity contribution >= 4 is 29.7 Å². The van der Waals surface area contributed by atoms with E-state index in [4.69, 9.17) is 0 Å². The van der Waals surface area contributed by atoms with Crippen LogP contribution in [0.1, 0.15) is 34.4 Å². The number of carbonyl (C=O) groups excluding carboxylic acids is 1. The first-order valence-electron chi connectivity index (χ1n) is 6.75. The summed E-state index contributed by atoms with van der Waals surface area (Å²) in [4.78, 5) is 16.1. The van der Waals surface area contributed by atoms with Gasteiger partial charge in [0.15, 0.2) is 0 Å². The molecule has 21 heavy (non-hydrogen) atoms. The predicted molar refractivity (Wildman–Crippen MR) is 83.9 cm³/mol. The third-order valence-corrected chi connectivity index (χ3v) is 4.15. The van der Waals surface area contributed by atoms with Gasteiger partial charge in [0.1, 0.15) is 10.7 Å². The number of hydrogen-bond acceptors (Lipinski definition) is 5. The Morgan fingerprint density at radius 2 is 2.48 bits per heavy atom. The van der Waals surface area contributed by atoms with Gasteiger partial charge in [-0.15, -0.1) is 23.7 Å². The molecular formula is C13H18ClN5OS. The first-order valence-corrected chi connectivity index (χ1v) is 7.63. The van der Waals surface area contributed by atoms with Crippen molar-refractivity contribution in [3.8, 4) is 0 Å². The van der Waals surface area contributed by atoms with Crippen LogP contribution in [0, 0.1) is 0 Å². The summed E-state index contributed by atoms with van der Waals surface area (Å²) in [6.07, 6.45) is 5.87. The lowest BCUT2D eigenvalue weighted by Crippen LogP contribution is -2.32. The van der Waals surface area contributed by atoms with Crippen LogP contribution in [0.5, 0.6) is 0 Å². The Bertz CT molecular complexity index is 565. The SMILES string of the molecule is Cl.O=C(NCc1nccs1)c1ccn(C2CCCNC2)n1. The first-order chi connectivity index (χ1) is 9.83. The third kappa shape index (κ3) is 4.03. The largest absolute Gasteiger partial charge is 0.344 e. The van der Waals surface area contributed by atoms with E-state index < -0.39 is 0 Å². The van der Waals surface area contributed by atoms with E-state index in [-0.39, 0.29) is 18.3 Å². The van der Waals surface area contributed by atoms with Gasteiger partial charge < -0.3 is 10.6 Å². The fourth-order valence-electron chi connectivity index (χ4n) is 2.31. The Kier molecular flexibility index (Phi) is 5.72. The summed E-state index contributed by atoms with van der Waals surface area (Å²) in [7, 11) is 0. The molecule has 0 aliphatic carbocycles. The summed E-state index contributed by atoms with van der Waals surface area (Å²) in [5, 5.41) is 13.4. The van der Waals surface area contributed by atoms with E-state index in [0.717, 1.165) is 30.9 Å². The molecule has 3 heterocycles. The van der Waals surface area contributed by atoms with Gasteiger partial charge in [-0.05, 0) is 25.5 Å². The van der Waals surface area contributed by atoms with Crippen LogP contribution in [0.4, 0.5) is 0 Å². The molecule has 0 bridgehead atoms. The van der Waals surface area contributed by atoms with Gasteiger partial charge in [-0.3, -0.25) is 9.48 Å². The molecule has 0 spiro atoms. The Labute approximate surface area is 133 Å². The van der Waals surface area contributed by atoms with E-state index >= 15 is 0 Å². The summed E-state index contributed by atoms with van der Waals surface area (Å²) < 4.78 is 1.89. The zero-order valence-electron chi connectivity index (χ0n) is 11.5. The van der Waals surface area contributed by atoms with E-state index in [1.165, 1.54) is 11.3 Å². The van der Waals surface area contributed by atoms with Crippen LogP contribution in [0.2, 0.25) is 0 Å². The summed E-state index contributed by atoms with van der Waals surface area (Å²) in [6.45, 7) is 2.44. The topological polar surface area (TPSA) is 71.8 Å². The maximum atomic E-state index is 12.0. The lowest BCUT2D eigenvalue weighted by atomic mass is 10.1. The van der Waals surface area contributed by atoms with Crippen LogP contribution in [0.3, 0.4) is 0 Å². The summed E-state index contributed by atoms with van der Waals surface area (Å²) in [6, 6.07) is 2.12. The number of hydrogen-bond donors (Lipinski definition) is 2. The molecule has 1 amide bonds. The molecule has 6 nitrogen and oxygen atoms in total. The van der Waals surface area contributed by atoms with E-state index in [2.05, 4.69) is 20.7 Å². The highest BCUT2D eigenvalue weighted by Crippen LogP contribution is 2.15. The van der Waals surface area contributed by atoms with Crippen LogP contribution in [0.25, 0.3) is 0 Å². The highest BCUT2D eigenvalue weighted by atomic mass is 35.5. The molecule has 1 aliphatic heterocycles. The number of halogens is 1. The van der Waals surface area contributed by atoms with E-state index in [1.54, 1.807) is 12.3 Å². The molecule has 0 saturated carbocycles. The van der Waals surface area contributed by atoms with Gasteiger partial charge in [0, 0.05) is 24.3 Å². The molecule has 3 rings (SSSR count). The predicted octanol–water partition coefficient (Wildman–Crippen LogP) is 1.62. The van der Waals surface area contributed by atoms with E-state index in [0.29, 0.717) is 18.3 Å². The van der Waals surface area contributed by atoms with Gasteiger partial charge in [-0.1, -0.05) is 0 Å². The maximum absolute atomic E-state index is 12.0. The molecule has 2 aromatic rings. The minimum absolute atomic E-state index is 0. The molecule has 1 fully saturated rings. The number of aromatic nitrogens is 3. The van der Waals surface area contributed by atoms with Crippen LogP contribution in [-0.2, 0) is 6.54 Å². The average molecular weight is 328 g/mol. The normalized spacial score (nSPS) is 18.0. The number of piperidine rings is 1. The van der Waals surface area contributed by atoms with Crippen molar-refractivity contribution in [3.63, 3.8) is 0 Å². The van der Waals surface area contributed by atoms with Crippen molar-refractivity contribution in [1.82, 2.24) is 25.4 Å². The Balaban J connectivity index is 0.00000161. The van der Waals surface area contributed by atoms with Crippen molar-refractivity contribution in [2.45, 2.75) is 25.4 Å². The highest BCUT2D eigenvalue weighted by molar-refractivity contribution is 7.09. The zero-order valence-corrected chi connectivity index (χ0v) is 13.1. The fraction of sp³-hybridized carbons (Fsp3) is 0.462. The molecule has 1 aliphatic rings. The van der Waals surface area contributed by atoms with Crippen molar-refractivity contribution in [3.05, 3.63) is 34.5 Å². The number of nitrogens with one attached hydrogen (secondary N) is 2. The van der Waals surface area contributed by atoms with Crippen LogP contribution >= 0.6 is 23.7 Å². The highest BCUT2D eigenvalue weighted by Gasteiger charge is 2.17. The van der Waals surface area contributed by atoms with Gasteiger partial charge in [-0.25, -0.2) is 4.98 Å². The quantitative estimate of drug-likeness (QED) is 0.895. The number of rotatable bonds is 4. The summed E-state index contributed by atoms with van der Waals surface area (Å²) in [5.74, 6) is -0.150. The van der Waals surface area contributed by atoms with Crippen LogP contribution < -0.4 is 10.6 Å². The summed E-state index contributed by atoms with van der Waals surface area (Å²) >= 11 is 1.53. The van der Waals surface area contributed by atoms with Crippen molar-refractivity contribution in [2.24, 2.45) is 0 Å². The molecule has 1 saturated heterocycles.